The minimum atomic E-state index is 0.549. The van der Waals surface area contributed by atoms with Gasteiger partial charge in [-0.05, 0) is 25.1 Å². The SMILES string of the molecule is Cc1c(Cl)c(-c2ccc(Cl)cc2Cl)nn1C. The molecule has 1 heterocycles. The van der Waals surface area contributed by atoms with Crippen LogP contribution in [0.15, 0.2) is 18.2 Å². The topological polar surface area (TPSA) is 17.8 Å². The lowest BCUT2D eigenvalue weighted by Crippen LogP contribution is -1.92. The van der Waals surface area contributed by atoms with Crippen LogP contribution in [0, 0.1) is 6.92 Å². The first-order chi connectivity index (χ1) is 7.50. The van der Waals surface area contributed by atoms with Gasteiger partial charge in [-0.15, -0.1) is 0 Å². The molecule has 0 spiro atoms. The van der Waals surface area contributed by atoms with Gasteiger partial charge in [0.15, 0.2) is 0 Å². The summed E-state index contributed by atoms with van der Waals surface area (Å²) in [7, 11) is 1.84. The van der Waals surface area contributed by atoms with Crippen LogP contribution in [0.3, 0.4) is 0 Å². The van der Waals surface area contributed by atoms with Gasteiger partial charge < -0.3 is 0 Å². The van der Waals surface area contributed by atoms with Gasteiger partial charge in [-0.1, -0.05) is 34.8 Å². The fourth-order valence-electron chi connectivity index (χ4n) is 1.44. The van der Waals surface area contributed by atoms with Gasteiger partial charge in [0.25, 0.3) is 0 Å². The minimum Gasteiger partial charge on any atom is -0.271 e. The van der Waals surface area contributed by atoms with Crippen LogP contribution in [-0.4, -0.2) is 9.78 Å². The number of benzene rings is 1. The molecule has 5 heteroatoms. The number of nitrogens with zero attached hydrogens (tertiary/aromatic N) is 2. The lowest BCUT2D eigenvalue weighted by molar-refractivity contribution is 0.743. The molecule has 0 amide bonds. The van der Waals surface area contributed by atoms with E-state index in [0.29, 0.717) is 20.8 Å². The van der Waals surface area contributed by atoms with E-state index in [1.165, 1.54) is 0 Å². The van der Waals surface area contributed by atoms with Gasteiger partial charge in [0.2, 0.25) is 0 Å². The molecule has 0 aliphatic heterocycles. The van der Waals surface area contributed by atoms with Crippen molar-refractivity contribution in [3.05, 3.63) is 39.0 Å². The lowest BCUT2D eigenvalue weighted by Gasteiger charge is -2.01. The normalized spacial score (nSPS) is 10.8. The number of aryl methyl sites for hydroxylation is 1. The van der Waals surface area contributed by atoms with Crippen LogP contribution < -0.4 is 0 Å². The summed E-state index contributed by atoms with van der Waals surface area (Å²) in [5, 5.41) is 6.09. The number of halogens is 3. The Bertz CT molecular complexity index is 546. The first-order valence-corrected chi connectivity index (χ1v) is 5.78. The maximum absolute atomic E-state index is 6.19. The molecule has 0 fully saturated rings. The summed E-state index contributed by atoms with van der Waals surface area (Å²) in [6, 6.07) is 5.26. The van der Waals surface area contributed by atoms with Crippen molar-refractivity contribution < 1.29 is 0 Å². The number of aromatic nitrogens is 2. The van der Waals surface area contributed by atoms with Crippen molar-refractivity contribution in [3.63, 3.8) is 0 Å². The Morgan fingerprint density at radius 2 is 1.88 bits per heavy atom. The maximum Gasteiger partial charge on any atom is 0.113 e. The van der Waals surface area contributed by atoms with Gasteiger partial charge in [-0.2, -0.15) is 5.10 Å². The smallest absolute Gasteiger partial charge is 0.113 e. The highest BCUT2D eigenvalue weighted by Crippen LogP contribution is 2.35. The lowest BCUT2D eigenvalue weighted by atomic mass is 10.1. The van der Waals surface area contributed by atoms with Gasteiger partial charge in [-0.3, -0.25) is 4.68 Å². The Morgan fingerprint density at radius 3 is 2.38 bits per heavy atom. The van der Waals surface area contributed by atoms with E-state index >= 15 is 0 Å². The summed E-state index contributed by atoms with van der Waals surface area (Å²) in [6.07, 6.45) is 0. The van der Waals surface area contributed by atoms with E-state index in [0.717, 1.165) is 11.3 Å². The summed E-state index contributed by atoms with van der Waals surface area (Å²) in [6.45, 7) is 1.91. The van der Waals surface area contributed by atoms with Gasteiger partial charge in [0, 0.05) is 17.6 Å². The van der Waals surface area contributed by atoms with Gasteiger partial charge in [-0.25, -0.2) is 0 Å². The quantitative estimate of drug-likeness (QED) is 0.756. The van der Waals surface area contributed by atoms with Crippen molar-refractivity contribution in [2.45, 2.75) is 6.92 Å². The fraction of sp³-hybridized carbons (Fsp3) is 0.182. The zero-order valence-electron chi connectivity index (χ0n) is 8.76. The summed E-state index contributed by atoms with van der Waals surface area (Å²) >= 11 is 18.1. The molecule has 2 nitrogen and oxygen atoms in total. The zero-order valence-corrected chi connectivity index (χ0v) is 11.0. The van der Waals surface area contributed by atoms with Crippen molar-refractivity contribution in [2.24, 2.45) is 7.05 Å². The largest absolute Gasteiger partial charge is 0.271 e. The summed E-state index contributed by atoms with van der Waals surface area (Å²) in [4.78, 5) is 0. The second-order valence-corrected chi connectivity index (χ2v) is 4.72. The highest BCUT2D eigenvalue weighted by molar-refractivity contribution is 6.38. The second kappa shape index (κ2) is 4.28. The molecule has 0 bridgehead atoms. The molecule has 0 radical (unpaired) electrons. The molecule has 1 aromatic heterocycles. The number of hydrogen-bond acceptors (Lipinski definition) is 1. The molecule has 16 heavy (non-hydrogen) atoms. The fourth-order valence-corrected chi connectivity index (χ4v) is 2.20. The summed E-state index contributed by atoms with van der Waals surface area (Å²) in [5.74, 6) is 0. The highest BCUT2D eigenvalue weighted by Gasteiger charge is 2.15. The van der Waals surface area contributed by atoms with Crippen LogP contribution in [-0.2, 0) is 7.05 Å². The zero-order chi connectivity index (χ0) is 11.9. The predicted octanol–water partition coefficient (Wildman–Crippen LogP) is 4.36. The second-order valence-electron chi connectivity index (χ2n) is 3.50. The van der Waals surface area contributed by atoms with E-state index in [1.807, 2.05) is 20.0 Å². The molecule has 0 N–H and O–H groups in total. The number of rotatable bonds is 1. The van der Waals surface area contributed by atoms with E-state index in [4.69, 9.17) is 34.8 Å². The van der Waals surface area contributed by atoms with Crippen molar-refractivity contribution in [1.29, 1.82) is 0 Å². The molecule has 0 aliphatic rings. The number of hydrogen-bond donors (Lipinski definition) is 0. The monoisotopic (exact) mass is 274 g/mol. The molecule has 84 valence electrons. The van der Waals surface area contributed by atoms with Crippen molar-refractivity contribution in [1.82, 2.24) is 9.78 Å². The standard InChI is InChI=1S/C11H9Cl3N2/c1-6-10(14)11(15-16(6)2)8-4-3-7(12)5-9(8)13/h3-5H,1-2H3. The van der Waals surface area contributed by atoms with Crippen LogP contribution >= 0.6 is 34.8 Å². The summed E-state index contributed by atoms with van der Waals surface area (Å²) in [5.41, 5.74) is 2.38. The highest BCUT2D eigenvalue weighted by atomic mass is 35.5. The molecular formula is C11H9Cl3N2. The summed E-state index contributed by atoms with van der Waals surface area (Å²) < 4.78 is 1.72. The third kappa shape index (κ3) is 1.93. The molecule has 0 saturated heterocycles. The van der Waals surface area contributed by atoms with Crippen LogP contribution in [0.2, 0.25) is 15.1 Å². The van der Waals surface area contributed by atoms with Crippen LogP contribution in [0.4, 0.5) is 0 Å². The average molecular weight is 276 g/mol. The molecule has 0 atom stereocenters. The third-order valence-corrected chi connectivity index (χ3v) is 3.45. The van der Waals surface area contributed by atoms with Crippen molar-refractivity contribution >= 4 is 34.8 Å². The van der Waals surface area contributed by atoms with E-state index in [-0.39, 0.29) is 0 Å². The van der Waals surface area contributed by atoms with Gasteiger partial charge in [0.1, 0.15) is 5.69 Å². The average Bonchev–Trinajstić information content (AvgIpc) is 2.46. The predicted molar refractivity (Wildman–Crippen MR) is 68.4 cm³/mol. The Morgan fingerprint density at radius 1 is 1.19 bits per heavy atom. The third-order valence-electron chi connectivity index (χ3n) is 2.45. The van der Waals surface area contributed by atoms with Crippen molar-refractivity contribution in [3.8, 4) is 11.3 Å². The molecule has 2 aromatic rings. The Labute approximate surface area is 109 Å². The van der Waals surface area contributed by atoms with E-state index < -0.39 is 0 Å². The van der Waals surface area contributed by atoms with Gasteiger partial charge in [0.05, 0.1) is 15.7 Å². The first-order valence-electron chi connectivity index (χ1n) is 4.65. The first kappa shape index (κ1) is 11.8. The maximum atomic E-state index is 6.19. The molecule has 0 saturated carbocycles. The Hall–Kier alpha value is -0.700. The van der Waals surface area contributed by atoms with Crippen LogP contribution in [0.1, 0.15) is 5.69 Å². The Balaban J connectivity index is 2.63. The van der Waals surface area contributed by atoms with Crippen LogP contribution in [0.25, 0.3) is 11.3 Å². The van der Waals surface area contributed by atoms with Crippen LogP contribution in [0.5, 0.6) is 0 Å². The molecule has 1 aromatic carbocycles. The molecule has 0 aliphatic carbocycles. The van der Waals surface area contributed by atoms with E-state index in [1.54, 1.807) is 16.8 Å². The van der Waals surface area contributed by atoms with E-state index in [2.05, 4.69) is 5.10 Å². The van der Waals surface area contributed by atoms with E-state index in [9.17, 15) is 0 Å². The molecule has 0 unspecified atom stereocenters. The van der Waals surface area contributed by atoms with Crippen molar-refractivity contribution in [2.75, 3.05) is 0 Å². The van der Waals surface area contributed by atoms with Gasteiger partial charge >= 0.3 is 0 Å². The Kier molecular flexibility index (Phi) is 3.15. The molecular weight excluding hydrogens is 266 g/mol. The minimum absolute atomic E-state index is 0.549. The molecule has 2 rings (SSSR count).